The van der Waals surface area contributed by atoms with Gasteiger partial charge in [-0.05, 0) is 17.8 Å². The van der Waals surface area contributed by atoms with Crippen molar-refractivity contribution < 1.29 is 18.1 Å². The normalized spacial score (nSPS) is 11.6. The minimum absolute atomic E-state index is 0.00856. The van der Waals surface area contributed by atoms with Crippen LogP contribution in [0.5, 0.6) is 0 Å². The maximum absolute atomic E-state index is 12.5. The Morgan fingerprint density at radius 2 is 2.05 bits per heavy atom. The Hall–Kier alpha value is -2.01. The number of aromatic nitrogens is 3. The summed E-state index contributed by atoms with van der Waals surface area (Å²) in [6.07, 6.45) is -4.74. The van der Waals surface area contributed by atoms with E-state index in [9.17, 15) is 23.3 Å². The van der Waals surface area contributed by atoms with Crippen molar-refractivity contribution in [2.75, 3.05) is 5.84 Å². The summed E-state index contributed by atoms with van der Waals surface area (Å²) in [6.45, 7) is 0. The number of nitrogen functional groups attached to an aromatic ring is 1. The van der Waals surface area contributed by atoms with Gasteiger partial charge in [0.15, 0.2) is 0 Å². The summed E-state index contributed by atoms with van der Waals surface area (Å²) in [5, 5.41) is 16.6. The molecule has 0 spiro atoms. The summed E-state index contributed by atoms with van der Waals surface area (Å²) < 4.78 is 37.8. The highest BCUT2D eigenvalue weighted by molar-refractivity contribution is 7.99. The molecule has 0 bridgehead atoms. The number of nitrogens with two attached hydrogens (primary N) is 1. The minimum Gasteiger partial charge on any atom is -0.335 e. The molecule has 0 unspecified atom stereocenters. The fraction of sp³-hybridized carbons (Fsp3) is 0.111. The Kier molecular flexibility index (Phi) is 3.96. The van der Waals surface area contributed by atoms with Crippen molar-refractivity contribution in [2.45, 2.75) is 16.2 Å². The van der Waals surface area contributed by atoms with Crippen molar-refractivity contribution in [1.82, 2.24) is 14.9 Å². The van der Waals surface area contributed by atoms with E-state index in [1.54, 1.807) is 0 Å². The van der Waals surface area contributed by atoms with Gasteiger partial charge in [0.2, 0.25) is 5.16 Å². The number of halogens is 4. The Morgan fingerprint density at radius 1 is 1.38 bits per heavy atom. The molecular formula is C9H5ClF3N5O2S. The van der Waals surface area contributed by atoms with Crippen LogP contribution in [0.15, 0.2) is 28.3 Å². The van der Waals surface area contributed by atoms with Gasteiger partial charge in [0.05, 0.1) is 9.95 Å². The summed E-state index contributed by atoms with van der Waals surface area (Å²) in [6, 6.07) is 3.52. The zero-order valence-corrected chi connectivity index (χ0v) is 11.4. The first-order valence-electron chi connectivity index (χ1n) is 5.09. The second-order valence-corrected chi connectivity index (χ2v) is 5.06. The number of non-ortho nitro benzene ring substituents is 1. The van der Waals surface area contributed by atoms with E-state index in [-0.39, 0.29) is 25.4 Å². The van der Waals surface area contributed by atoms with E-state index < -0.39 is 16.9 Å². The van der Waals surface area contributed by atoms with E-state index in [0.717, 1.165) is 12.1 Å². The number of nitro groups is 1. The van der Waals surface area contributed by atoms with Crippen LogP contribution >= 0.6 is 23.4 Å². The molecule has 0 radical (unpaired) electrons. The SMILES string of the molecule is Nn1c(Sc2ccc([N+](=O)[O-])cc2Cl)nnc1C(F)(F)F. The number of hydrogen-bond acceptors (Lipinski definition) is 6. The van der Waals surface area contributed by atoms with E-state index in [2.05, 4.69) is 10.2 Å². The van der Waals surface area contributed by atoms with Crippen LogP contribution in [0, 0.1) is 10.1 Å². The van der Waals surface area contributed by atoms with Crippen LogP contribution in [0.1, 0.15) is 5.82 Å². The fourth-order valence-electron chi connectivity index (χ4n) is 1.32. The molecule has 112 valence electrons. The standard InChI is InChI=1S/C9H5ClF3N5O2S/c10-5-3-4(18(19)20)1-2-6(5)21-8-16-15-7(17(8)14)9(11,12)13/h1-3H,14H2. The molecule has 21 heavy (non-hydrogen) atoms. The predicted octanol–water partition coefficient (Wildman–Crippen LogP) is 2.72. The lowest BCUT2D eigenvalue weighted by molar-refractivity contribution is -0.384. The number of nitrogens with zero attached hydrogens (tertiary/aromatic N) is 4. The molecule has 2 rings (SSSR count). The first-order chi connectivity index (χ1) is 9.70. The van der Waals surface area contributed by atoms with Gasteiger partial charge in [0, 0.05) is 17.0 Å². The quantitative estimate of drug-likeness (QED) is 0.524. The average molecular weight is 340 g/mol. The minimum atomic E-state index is -4.74. The third-order valence-corrected chi connectivity index (χ3v) is 3.71. The van der Waals surface area contributed by atoms with Gasteiger partial charge in [-0.15, -0.1) is 10.2 Å². The van der Waals surface area contributed by atoms with Crippen LogP contribution in [0.4, 0.5) is 18.9 Å². The first kappa shape index (κ1) is 15.4. The van der Waals surface area contributed by atoms with Crippen molar-refractivity contribution in [3.63, 3.8) is 0 Å². The van der Waals surface area contributed by atoms with Crippen LogP contribution in [0.2, 0.25) is 5.02 Å². The lowest BCUT2D eigenvalue weighted by atomic mass is 10.3. The lowest BCUT2D eigenvalue weighted by Gasteiger charge is -2.06. The van der Waals surface area contributed by atoms with Gasteiger partial charge in [-0.1, -0.05) is 11.6 Å². The maximum atomic E-state index is 12.5. The highest BCUT2D eigenvalue weighted by Crippen LogP contribution is 2.36. The molecule has 2 aromatic rings. The molecule has 0 atom stereocenters. The average Bonchev–Trinajstić information content (AvgIpc) is 2.73. The molecular weight excluding hydrogens is 335 g/mol. The Bertz CT molecular complexity index is 705. The van der Waals surface area contributed by atoms with Gasteiger partial charge in [-0.3, -0.25) is 10.1 Å². The largest absolute Gasteiger partial charge is 0.453 e. The Balaban J connectivity index is 2.31. The van der Waals surface area contributed by atoms with Gasteiger partial charge in [-0.2, -0.15) is 13.2 Å². The second-order valence-electron chi connectivity index (χ2n) is 3.65. The molecule has 7 nitrogen and oxygen atoms in total. The van der Waals surface area contributed by atoms with E-state index in [1.807, 2.05) is 0 Å². The molecule has 1 aromatic carbocycles. The third kappa shape index (κ3) is 3.19. The van der Waals surface area contributed by atoms with Crippen LogP contribution in [0.25, 0.3) is 0 Å². The zero-order valence-electron chi connectivity index (χ0n) is 9.83. The molecule has 2 N–H and O–H groups in total. The summed E-state index contributed by atoms with van der Waals surface area (Å²) in [4.78, 5) is 10.2. The Labute approximate surface area is 124 Å². The molecule has 12 heteroatoms. The van der Waals surface area contributed by atoms with Crippen LogP contribution in [0.3, 0.4) is 0 Å². The van der Waals surface area contributed by atoms with E-state index in [0.29, 0.717) is 11.8 Å². The fourth-order valence-corrected chi connectivity index (χ4v) is 2.37. The van der Waals surface area contributed by atoms with Crippen molar-refractivity contribution in [1.29, 1.82) is 0 Å². The van der Waals surface area contributed by atoms with Crippen molar-refractivity contribution in [2.24, 2.45) is 0 Å². The highest BCUT2D eigenvalue weighted by atomic mass is 35.5. The zero-order chi connectivity index (χ0) is 15.8. The smallest absolute Gasteiger partial charge is 0.335 e. The number of rotatable bonds is 3. The molecule has 0 amide bonds. The summed E-state index contributed by atoms with van der Waals surface area (Å²) in [7, 11) is 0. The molecule has 0 saturated carbocycles. The molecule has 0 saturated heterocycles. The topological polar surface area (TPSA) is 99.9 Å². The number of benzene rings is 1. The first-order valence-corrected chi connectivity index (χ1v) is 6.29. The number of nitro benzene ring substituents is 1. The van der Waals surface area contributed by atoms with Crippen molar-refractivity contribution >= 4 is 29.1 Å². The number of alkyl halides is 3. The second kappa shape index (κ2) is 5.41. The van der Waals surface area contributed by atoms with E-state index >= 15 is 0 Å². The van der Waals surface area contributed by atoms with Gasteiger partial charge >= 0.3 is 6.18 Å². The predicted molar refractivity (Wildman–Crippen MR) is 67.4 cm³/mol. The van der Waals surface area contributed by atoms with Crippen molar-refractivity contribution in [3.05, 3.63) is 39.2 Å². The van der Waals surface area contributed by atoms with Crippen LogP contribution < -0.4 is 5.84 Å². The van der Waals surface area contributed by atoms with Gasteiger partial charge in [0.1, 0.15) is 0 Å². The molecule has 0 aliphatic rings. The summed E-state index contributed by atoms with van der Waals surface area (Å²) in [5.41, 5.74) is -0.241. The van der Waals surface area contributed by atoms with Gasteiger partial charge in [0.25, 0.3) is 11.5 Å². The molecule has 1 aromatic heterocycles. The monoisotopic (exact) mass is 339 g/mol. The van der Waals surface area contributed by atoms with E-state index in [4.69, 9.17) is 17.4 Å². The molecule has 0 fully saturated rings. The van der Waals surface area contributed by atoms with Crippen LogP contribution in [-0.2, 0) is 6.18 Å². The third-order valence-electron chi connectivity index (χ3n) is 2.25. The molecule has 1 heterocycles. The van der Waals surface area contributed by atoms with Crippen LogP contribution in [-0.4, -0.2) is 19.8 Å². The van der Waals surface area contributed by atoms with Gasteiger partial charge < -0.3 is 5.84 Å². The summed E-state index contributed by atoms with van der Waals surface area (Å²) >= 11 is 6.53. The molecule has 0 aliphatic carbocycles. The molecule has 0 aliphatic heterocycles. The van der Waals surface area contributed by atoms with E-state index in [1.165, 1.54) is 6.07 Å². The maximum Gasteiger partial charge on any atom is 0.453 e. The van der Waals surface area contributed by atoms with Crippen molar-refractivity contribution in [3.8, 4) is 0 Å². The Morgan fingerprint density at radius 3 is 2.52 bits per heavy atom. The lowest BCUT2D eigenvalue weighted by Crippen LogP contribution is -2.21. The summed E-state index contributed by atoms with van der Waals surface area (Å²) in [5.74, 6) is 3.91. The highest BCUT2D eigenvalue weighted by Gasteiger charge is 2.38. The van der Waals surface area contributed by atoms with Gasteiger partial charge in [-0.25, -0.2) is 4.68 Å². The number of hydrogen-bond donors (Lipinski definition) is 1.